The molecule has 1 aliphatic rings. The Morgan fingerprint density at radius 2 is 2.25 bits per heavy atom. The molecule has 1 aromatic rings. The molecule has 6 nitrogen and oxygen atoms in total. The predicted molar refractivity (Wildman–Crippen MR) is 73.3 cm³/mol. The Labute approximate surface area is 118 Å². The zero-order valence-electron chi connectivity index (χ0n) is 11.5. The average Bonchev–Trinajstić information content (AvgIpc) is 2.97. The van der Waals surface area contributed by atoms with Crippen molar-refractivity contribution in [2.24, 2.45) is 0 Å². The van der Waals surface area contributed by atoms with Crippen LogP contribution in [0.3, 0.4) is 0 Å². The Balaban J connectivity index is 1.90. The lowest BCUT2D eigenvalue weighted by molar-refractivity contribution is -0.117. The number of carbonyl (C=O) groups excluding carboxylic acids is 1. The molecule has 0 saturated carbocycles. The van der Waals surface area contributed by atoms with Crippen molar-refractivity contribution in [2.45, 2.75) is 6.54 Å². The number of amides is 1. The minimum atomic E-state index is -0.372. The van der Waals surface area contributed by atoms with E-state index in [-0.39, 0.29) is 18.0 Å². The molecule has 1 aliphatic heterocycles. The molecule has 1 fully saturated rings. The van der Waals surface area contributed by atoms with Gasteiger partial charge in [-0.25, -0.2) is 0 Å². The zero-order chi connectivity index (χ0) is 14.4. The maximum Gasteiger partial charge on any atom is 0.263 e. The molecule has 0 aromatic carbocycles. The van der Waals surface area contributed by atoms with E-state index in [1.807, 2.05) is 11.0 Å². The van der Waals surface area contributed by atoms with Gasteiger partial charge < -0.3 is 19.5 Å². The summed E-state index contributed by atoms with van der Waals surface area (Å²) in [6.07, 6.45) is 3.19. The summed E-state index contributed by atoms with van der Waals surface area (Å²) in [6, 6.07) is 5.48. The minimum absolute atomic E-state index is 0.126. The maximum atomic E-state index is 11.9. The average molecular weight is 274 g/mol. The van der Waals surface area contributed by atoms with E-state index in [9.17, 15) is 4.79 Å². The fourth-order valence-electron chi connectivity index (χ4n) is 1.95. The van der Waals surface area contributed by atoms with Crippen LogP contribution in [0.5, 0.6) is 0 Å². The normalized spacial score (nSPS) is 16.8. The van der Waals surface area contributed by atoms with Crippen LogP contribution in [0.4, 0.5) is 0 Å². The van der Waals surface area contributed by atoms with Gasteiger partial charge in [-0.15, -0.1) is 0 Å². The van der Waals surface area contributed by atoms with E-state index in [4.69, 9.17) is 9.68 Å². The number of hydrogen-bond acceptors (Lipinski definition) is 5. The lowest BCUT2D eigenvalue weighted by Gasteiger charge is -2.31. The van der Waals surface area contributed by atoms with Crippen LogP contribution in [0.25, 0.3) is 0 Å². The van der Waals surface area contributed by atoms with E-state index in [1.54, 1.807) is 24.6 Å². The molecule has 0 bridgehead atoms. The molecule has 1 saturated heterocycles. The lowest BCUT2D eigenvalue weighted by atomic mass is 10.2. The molecule has 20 heavy (non-hydrogen) atoms. The summed E-state index contributed by atoms with van der Waals surface area (Å²) in [5.41, 5.74) is 0.126. The van der Waals surface area contributed by atoms with Crippen molar-refractivity contribution in [1.29, 1.82) is 5.26 Å². The highest BCUT2D eigenvalue weighted by Gasteiger charge is 2.15. The second kappa shape index (κ2) is 6.78. The van der Waals surface area contributed by atoms with E-state index in [0.717, 1.165) is 26.2 Å². The Morgan fingerprint density at radius 1 is 1.50 bits per heavy atom. The van der Waals surface area contributed by atoms with Gasteiger partial charge in [0.2, 0.25) is 0 Å². The second-order valence-electron chi connectivity index (χ2n) is 4.76. The molecule has 1 amide bonds. The van der Waals surface area contributed by atoms with E-state index < -0.39 is 0 Å². The van der Waals surface area contributed by atoms with Gasteiger partial charge in [-0.2, -0.15) is 5.26 Å². The molecule has 1 N–H and O–H groups in total. The van der Waals surface area contributed by atoms with Crippen molar-refractivity contribution in [3.63, 3.8) is 0 Å². The molecule has 0 atom stereocenters. The number of carbonyl (C=O) groups is 1. The molecule has 0 radical (unpaired) electrons. The van der Waals surface area contributed by atoms with E-state index in [1.165, 1.54) is 0 Å². The number of nitriles is 1. The summed E-state index contributed by atoms with van der Waals surface area (Å²) >= 11 is 0. The molecular weight excluding hydrogens is 256 g/mol. The molecule has 106 valence electrons. The first-order chi connectivity index (χ1) is 9.69. The van der Waals surface area contributed by atoms with Crippen LogP contribution in [0, 0.1) is 11.3 Å². The monoisotopic (exact) mass is 274 g/mol. The first-order valence-electron chi connectivity index (χ1n) is 6.54. The van der Waals surface area contributed by atoms with Crippen molar-refractivity contribution in [2.75, 3.05) is 33.2 Å². The highest BCUT2D eigenvalue weighted by molar-refractivity contribution is 5.97. The molecular formula is C14H18N4O2. The minimum Gasteiger partial charge on any atom is -0.467 e. The number of nitrogens with zero attached hydrogens (tertiary/aromatic N) is 3. The quantitative estimate of drug-likeness (QED) is 0.641. The first kappa shape index (κ1) is 14.2. The van der Waals surface area contributed by atoms with Crippen LogP contribution in [0.15, 0.2) is 34.6 Å². The summed E-state index contributed by atoms with van der Waals surface area (Å²) in [7, 11) is 2.06. The van der Waals surface area contributed by atoms with E-state index >= 15 is 0 Å². The van der Waals surface area contributed by atoms with E-state index in [2.05, 4.69) is 17.3 Å². The van der Waals surface area contributed by atoms with Gasteiger partial charge in [0.25, 0.3) is 5.91 Å². The fourth-order valence-corrected chi connectivity index (χ4v) is 1.95. The van der Waals surface area contributed by atoms with Gasteiger partial charge in [0.05, 0.1) is 12.8 Å². The van der Waals surface area contributed by atoms with Crippen molar-refractivity contribution in [1.82, 2.24) is 15.1 Å². The molecule has 0 aliphatic carbocycles. The van der Waals surface area contributed by atoms with Gasteiger partial charge in [-0.05, 0) is 19.2 Å². The second-order valence-corrected chi connectivity index (χ2v) is 4.76. The Hall–Kier alpha value is -2.26. The number of rotatable bonds is 4. The van der Waals surface area contributed by atoms with Crippen LogP contribution in [-0.4, -0.2) is 48.9 Å². The number of nitrogens with one attached hydrogen (secondary N) is 1. The van der Waals surface area contributed by atoms with Crippen LogP contribution in [-0.2, 0) is 11.3 Å². The summed E-state index contributed by atoms with van der Waals surface area (Å²) in [4.78, 5) is 16.1. The molecule has 6 heteroatoms. The third kappa shape index (κ3) is 3.87. The lowest BCUT2D eigenvalue weighted by Crippen LogP contribution is -2.42. The smallest absolute Gasteiger partial charge is 0.263 e. The van der Waals surface area contributed by atoms with Crippen molar-refractivity contribution in [3.05, 3.63) is 35.9 Å². The molecule has 0 spiro atoms. The highest BCUT2D eigenvalue weighted by atomic mass is 16.3. The predicted octanol–water partition coefficient (Wildman–Crippen LogP) is 0.551. The Kier molecular flexibility index (Phi) is 4.80. The number of piperazine rings is 1. The third-order valence-corrected chi connectivity index (χ3v) is 3.22. The molecule has 0 unspecified atom stereocenters. The number of hydrogen-bond donors (Lipinski definition) is 1. The van der Waals surface area contributed by atoms with Crippen LogP contribution >= 0.6 is 0 Å². The van der Waals surface area contributed by atoms with Crippen molar-refractivity contribution < 1.29 is 9.21 Å². The summed E-state index contributed by atoms with van der Waals surface area (Å²) in [5.74, 6) is 0.290. The number of likely N-dealkylation sites (N-methyl/N-ethyl adjacent to an activating group) is 1. The molecule has 2 heterocycles. The van der Waals surface area contributed by atoms with Gasteiger partial charge in [0.1, 0.15) is 17.4 Å². The highest BCUT2D eigenvalue weighted by Crippen LogP contribution is 2.04. The van der Waals surface area contributed by atoms with Gasteiger partial charge >= 0.3 is 0 Å². The third-order valence-electron chi connectivity index (χ3n) is 3.22. The Morgan fingerprint density at radius 3 is 2.85 bits per heavy atom. The molecule has 1 aromatic heterocycles. The van der Waals surface area contributed by atoms with Crippen LogP contribution in [0.1, 0.15) is 5.76 Å². The number of furan rings is 1. The van der Waals surface area contributed by atoms with Gasteiger partial charge in [0, 0.05) is 32.4 Å². The SMILES string of the molecule is CN1CCN(/C=C(/C#N)C(=O)NCc2ccco2)CC1. The zero-order valence-corrected chi connectivity index (χ0v) is 11.5. The maximum absolute atomic E-state index is 11.9. The van der Waals surface area contributed by atoms with Crippen LogP contribution in [0.2, 0.25) is 0 Å². The topological polar surface area (TPSA) is 72.5 Å². The molecule has 2 rings (SSSR count). The van der Waals surface area contributed by atoms with Gasteiger partial charge in [0.15, 0.2) is 0 Å². The van der Waals surface area contributed by atoms with E-state index in [0.29, 0.717) is 5.76 Å². The fraction of sp³-hybridized carbons (Fsp3) is 0.429. The van der Waals surface area contributed by atoms with Crippen molar-refractivity contribution >= 4 is 5.91 Å². The largest absolute Gasteiger partial charge is 0.467 e. The van der Waals surface area contributed by atoms with Crippen molar-refractivity contribution in [3.8, 4) is 6.07 Å². The summed E-state index contributed by atoms with van der Waals surface area (Å²) in [5, 5.41) is 11.8. The summed E-state index contributed by atoms with van der Waals surface area (Å²) < 4.78 is 5.13. The standard InChI is InChI=1S/C14H18N4O2/c1-17-4-6-18(7-5-17)11-12(9-15)14(19)16-10-13-3-2-8-20-13/h2-3,8,11H,4-7,10H2,1H3,(H,16,19)/b12-11-. The van der Waals surface area contributed by atoms with Gasteiger partial charge in [-0.3, -0.25) is 4.79 Å². The van der Waals surface area contributed by atoms with Gasteiger partial charge in [-0.1, -0.05) is 0 Å². The van der Waals surface area contributed by atoms with Crippen LogP contribution < -0.4 is 5.32 Å². The Bertz CT molecular complexity index is 508. The first-order valence-corrected chi connectivity index (χ1v) is 6.54. The summed E-state index contributed by atoms with van der Waals surface area (Å²) in [6.45, 7) is 3.81.